The van der Waals surface area contributed by atoms with E-state index in [-0.39, 0.29) is 11.9 Å². The Hall–Kier alpha value is -2.03. The van der Waals surface area contributed by atoms with E-state index in [1.54, 1.807) is 0 Å². The molecular formula is C16H20N2O. The Morgan fingerprint density at radius 1 is 1.21 bits per heavy atom. The zero-order valence-corrected chi connectivity index (χ0v) is 11.7. The Labute approximate surface area is 114 Å². The van der Waals surface area contributed by atoms with Crippen molar-refractivity contribution >= 4 is 22.4 Å². The molecule has 0 unspecified atom stereocenters. The minimum Gasteiger partial charge on any atom is -0.398 e. The molecule has 2 rings (SSSR count). The average molecular weight is 256 g/mol. The van der Waals surface area contributed by atoms with E-state index in [0.29, 0.717) is 17.8 Å². The first-order valence-electron chi connectivity index (χ1n) is 6.63. The fourth-order valence-corrected chi connectivity index (χ4v) is 2.34. The van der Waals surface area contributed by atoms with E-state index in [0.717, 1.165) is 10.8 Å². The van der Waals surface area contributed by atoms with Crippen LogP contribution >= 0.6 is 0 Å². The molecule has 2 aromatic rings. The first-order chi connectivity index (χ1) is 9.04. The van der Waals surface area contributed by atoms with Crippen molar-refractivity contribution in [1.29, 1.82) is 0 Å². The summed E-state index contributed by atoms with van der Waals surface area (Å²) in [5.41, 5.74) is 7.17. The molecule has 0 spiro atoms. The van der Waals surface area contributed by atoms with Gasteiger partial charge in [0.05, 0.1) is 5.56 Å². The number of nitrogen functional groups attached to an aromatic ring is 1. The molecule has 0 heterocycles. The number of benzene rings is 2. The molecule has 3 nitrogen and oxygen atoms in total. The van der Waals surface area contributed by atoms with E-state index in [1.807, 2.05) is 62.1 Å². The number of nitrogens with two attached hydrogens (primary N) is 1. The molecule has 2 N–H and O–H groups in total. The van der Waals surface area contributed by atoms with Crippen molar-refractivity contribution in [2.24, 2.45) is 0 Å². The molecule has 0 saturated heterocycles. The molecule has 0 aliphatic rings. The third kappa shape index (κ3) is 2.55. The van der Waals surface area contributed by atoms with Gasteiger partial charge in [-0.3, -0.25) is 4.79 Å². The minimum absolute atomic E-state index is 0.000697. The van der Waals surface area contributed by atoms with Gasteiger partial charge in [-0.05, 0) is 43.7 Å². The standard InChI is InChI=1S/C16H20N2O/c1-4-18(11(2)3)16(19)14-9-12-7-5-6-8-13(12)10-15(14)17/h5-11H,4,17H2,1-3H3. The van der Waals surface area contributed by atoms with Crippen LogP contribution in [0.3, 0.4) is 0 Å². The molecule has 2 aromatic carbocycles. The first-order valence-corrected chi connectivity index (χ1v) is 6.63. The maximum Gasteiger partial charge on any atom is 0.256 e. The second-order valence-corrected chi connectivity index (χ2v) is 4.97. The van der Waals surface area contributed by atoms with Crippen molar-refractivity contribution in [1.82, 2.24) is 4.90 Å². The third-order valence-corrected chi connectivity index (χ3v) is 3.37. The molecule has 0 aliphatic carbocycles. The van der Waals surface area contributed by atoms with Gasteiger partial charge in [-0.15, -0.1) is 0 Å². The Morgan fingerprint density at radius 2 is 1.79 bits per heavy atom. The van der Waals surface area contributed by atoms with Gasteiger partial charge in [0.1, 0.15) is 0 Å². The lowest BCUT2D eigenvalue weighted by atomic mass is 10.0. The van der Waals surface area contributed by atoms with Gasteiger partial charge in [-0.2, -0.15) is 0 Å². The Bertz CT molecular complexity index is 605. The van der Waals surface area contributed by atoms with Crippen molar-refractivity contribution in [3.05, 3.63) is 42.0 Å². The predicted molar refractivity (Wildman–Crippen MR) is 80.2 cm³/mol. The van der Waals surface area contributed by atoms with Crippen LogP contribution in [0, 0.1) is 0 Å². The number of rotatable bonds is 3. The van der Waals surface area contributed by atoms with Crippen LogP contribution in [0.15, 0.2) is 36.4 Å². The number of anilines is 1. The van der Waals surface area contributed by atoms with Crippen LogP contribution in [0.1, 0.15) is 31.1 Å². The lowest BCUT2D eigenvalue weighted by molar-refractivity contribution is 0.0718. The number of hydrogen-bond donors (Lipinski definition) is 1. The van der Waals surface area contributed by atoms with Crippen LogP contribution in [0.4, 0.5) is 5.69 Å². The zero-order valence-electron chi connectivity index (χ0n) is 11.7. The van der Waals surface area contributed by atoms with E-state index in [1.165, 1.54) is 0 Å². The van der Waals surface area contributed by atoms with Crippen LogP contribution in [0.25, 0.3) is 10.8 Å². The summed E-state index contributed by atoms with van der Waals surface area (Å²) in [4.78, 5) is 14.3. The third-order valence-electron chi connectivity index (χ3n) is 3.37. The van der Waals surface area contributed by atoms with E-state index >= 15 is 0 Å². The summed E-state index contributed by atoms with van der Waals surface area (Å²) in [7, 11) is 0. The van der Waals surface area contributed by atoms with Gasteiger partial charge < -0.3 is 10.6 Å². The highest BCUT2D eigenvalue weighted by Crippen LogP contribution is 2.23. The van der Waals surface area contributed by atoms with Crippen molar-refractivity contribution in [2.75, 3.05) is 12.3 Å². The lowest BCUT2D eigenvalue weighted by Gasteiger charge is -2.26. The van der Waals surface area contributed by atoms with Gasteiger partial charge in [-0.1, -0.05) is 24.3 Å². The Kier molecular flexibility index (Phi) is 3.74. The number of nitrogens with zero attached hydrogens (tertiary/aromatic N) is 1. The van der Waals surface area contributed by atoms with Crippen molar-refractivity contribution in [2.45, 2.75) is 26.8 Å². The number of carbonyl (C=O) groups excluding carboxylic acids is 1. The largest absolute Gasteiger partial charge is 0.398 e. The molecule has 0 aromatic heterocycles. The molecule has 19 heavy (non-hydrogen) atoms. The number of carbonyl (C=O) groups is 1. The minimum atomic E-state index is 0.000697. The highest BCUT2D eigenvalue weighted by molar-refractivity contribution is 6.04. The smallest absolute Gasteiger partial charge is 0.256 e. The summed E-state index contributed by atoms with van der Waals surface area (Å²) >= 11 is 0. The van der Waals surface area contributed by atoms with Crippen LogP contribution in [0.2, 0.25) is 0 Å². The highest BCUT2D eigenvalue weighted by atomic mass is 16.2. The van der Waals surface area contributed by atoms with E-state index < -0.39 is 0 Å². The molecule has 0 bridgehead atoms. The predicted octanol–water partition coefficient (Wildman–Crippen LogP) is 3.29. The average Bonchev–Trinajstić information content (AvgIpc) is 2.38. The number of amides is 1. The highest BCUT2D eigenvalue weighted by Gasteiger charge is 2.19. The summed E-state index contributed by atoms with van der Waals surface area (Å²) in [6, 6.07) is 11.9. The summed E-state index contributed by atoms with van der Waals surface area (Å²) in [6.07, 6.45) is 0. The van der Waals surface area contributed by atoms with Crippen LogP contribution in [0.5, 0.6) is 0 Å². The van der Waals surface area contributed by atoms with Gasteiger partial charge in [0.2, 0.25) is 0 Å². The second-order valence-electron chi connectivity index (χ2n) is 4.97. The Balaban J connectivity index is 2.50. The van der Waals surface area contributed by atoms with Gasteiger partial charge in [0.25, 0.3) is 5.91 Å². The Morgan fingerprint density at radius 3 is 2.32 bits per heavy atom. The molecule has 1 amide bonds. The quantitative estimate of drug-likeness (QED) is 0.856. The van der Waals surface area contributed by atoms with E-state index in [9.17, 15) is 4.79 Å². The summed E-state index contributed by atoms with van der Waals surface area (Å²) in [5.74, 6) is 0.000697. The number of hydrogen-bond acceptors (Lipinski definition) is 2. The maximum absolute atomic E-state index is 12.5. The number of fused-ring (bicyclic) bond motifs is 1. The van der Waals surface area contributed by atoms with Gasteiger partial charge in [0.15, 0.2) is 0 Å². The normalized spacial score (nSPS) is 10.9. The summed E-state index contributed by atoms with van der Waals surface area (Å²) in [5, 5.41) is 2.10. The molecular weight excluding hydrogens is 236 g/mol. The topological polar surface area (TPSA) is 46.3 Å². The molecule has 0 fully saturated rings. The van der Waals surface area contributed by atoms with Crippen molar-refractivity contribution < 1.29 is 4.79 Å². The van der Waals surface area contributed by atoms with Gasteiger partial charge in [-0.25, -0.2) is 0 Å². The summed E-state index contributed by atoms with van der Waals surface area (Å²) < 4.78 is 0. The second kappa shape index (κ2) is 5.31. The fraction of sp³-hybridized carbons (Fsp3) is 0.312. The monoisotopic (exact) mass is 256 g/mol. The van der Waals surface area contributed by atoms with Crippen molar-refractivity contribution in [3.8, 4) is 0 Å². The van der Waals surface area contributed by atoms with Crippen LogP contribution < -0.4 is 5.73 Å². The zero-order chi connectivity index (χ0) is 14.0. The molecule has 0 saturated carbocycles. The molecule has 0 aliphatic heterocycles. The maximum atomic E-state index is 12.5. The fourth-order valence-electron chi connectivity index (χ4n) is 2.34. The van der Waals surface area contributed by atoms with Gasteiger partial charge >= 0.3 is 0 Å². The lowest BCUT2D eigenvalue weighted by Crippen LogP contribution is -2.37. The van der Waals surface area contributed by atoms with E-state index in [4.69, 9.17) is 5.73 Å². The van der Waals surface area contributed by atoms with Crippen LogP contribution in [-0.4, -0.2) is 23.4 Å². The first kappa shape index (κ1) is 13.4. The summed E-state index contributed by atoms with van der Waals surface area (Å²) in [6.45, 7) is 6.69. The van der Waals surface area contributed by atoms with Gasteiger partial charge in [0, 0.05) is 18.3 Å². The molecule has 0 radical (unpaired) electrons. The molecule has 0 atom stereocenters. The molecule has 3 heteroatoms. The van der Waals surface area contributed by atoms with Crippen LogP contribution in [-0.2, 0) is 0 Å². The molecule has 100 valence electrons. The van der Waals surface area contributed by atoms with Crippen molar-refractivity contribution in [3.63, 3.8) is 0 Å². The SMILES string of the molecule is CCN(C(=O)c1cc2ccccc2cc1N)C(C)C. The van der Waals surface area contributed by atoms with E-state index in [2.05, 4.69) is 0 Å².